The second-order valence-corrected chi connectivity index (χ2v) is 9.30. The summed E-state index contributed by atoms with van der Waals surface area (Å²) in [6.07, 6.45) is 5.27. The Hall–Kier alpha value is 0.177. The lowest BCUT2D eigenvalue weighted by molar-refractivity contribution is 0.0886. The largest absolute Gasteiger partial charge is 0.412 e. The topological polar surface area (TPSA) is 9.23 Å². The minimum absolute atomic E-state index is 0.241. The maximum atomic E-state index is 6.12. The zero-order valence-electron chi connectivity index (χ0n) is 8.24. The van der Waals surface area contributed by atoms with E-state index >= 15 is 0 Å². The number of hydrogen-bond donors (Lipinski definition) is 0. The fourth-order valence-corrected chi connectivity index (χ4v) is 3.65. The molecule has 0 amide bonds. The first-order valence-corrected chi connectivity index (χ1v) is 8.02. The van der Waals surface area contributed by atoms with Crippen LogP contribution in [0.4, 0.5) is 0 Å². The lowest BCUT2D eigenvalue weighted by atomic mass is 10.1. The van der Waals surface area contributed by atoms with Gasteiger partial charge < -0.3 is 4.43 Å². The third-order valence-electron chi connectivity index (χ3n) is 2.21. The lowest BCUT2D eigenvalue weighted by Crippen LogP contribution is -2.38. The summed E-state index contributed by atoms with van der Waals surface area (Å²) >= 11 is 0. The molecule has 0 atom stereocenters. The van der Waals surface area contributed by atoms with E-state index in [-0.39, 0.29) is 5.60 Å². The molecule has 0 spiro atoms. The number of rotatable bonds is 2. The first-order chi connectivity index (χ1) is 4.91. The highest BCUT2D eigenvalue weighted by atomic mass is 28.4. The van der Waals surface area contributed by atoms with E-state index in [0.29, 0.717) is 0 Å². The van der Waals surface area contributed by atoms with Crippen molar-refractivity contribution in [2.45, 2.75) is 57.8 Å². The molecule has 0 aromatic carbocycles. The molecule has 1 rings (SSSR count). The summed E-state index contributed by atoms with van der Waals surface area (Å²) in [4.78, 5) is 0. The molecule has 1 fully saturated rings. The summed E-state index contributed by atoms with van der Waals surface area (Å²) in [6, 6.07) is 0. The van der Waals surface area contributed by atoms with Crippen LogP contribution in [0, 0.1) is 0 Å². The standard InChI is InChI=1S/C9H20OSi/c1-9(7-5-6-8-9)10-11(2,3)4/h5-8H2,1-4H3. The fourth-order valence-electron chi connectivity index (χ4n) is 1.96. The summed E-state index contributed by atoms with van der Waals surface area (Å²) in [5, 5.41) is 0. The molecule has 11 heavy (non-hydrogen) atoms. The van der Waals surface area contributed by atoms with Crippen molar-refractivity contribution >= 4 is 8.32 Å². The molecule has 0 N–H and O–H groups in total. The lowest BCUT2D eigenvalue weighted by Gasteiger charge is -2.32. The van der Waals surface area contributed by atoms with Crippen molar-refractivity contribution in [3.63, 3.8) is 0 Å². The average Bonchev–Trinajstić information content (AvgIpc) is 2.09. The van der Waals surface area contributed by atoms with Gasteiger partial charge in [-0.25, -0.2) is 0 Å². The quantitative estimate of drug-likeness (QED) is 0.581. The van der Waals surface area contributed by atoms with Crippen molar-refractivity contribution in [2.75, 3.05) is 0 Å². The molecular formula is C9H20OSi. The Kier molecular flexibility index (Phi) is 2.45. The molecule has 2 heteroatoms. The second kappa shape index (κ2) is 2.90. The van der Waals surface area contributed by atoms with Crippen LogP contribution in [0.2, 0.25) is 19.6 Å². The molecule has 1 aliphatic carbocycles. The Labute approximate surface area is 71.3 Å². The van der Waals surface area contributed by atoms with E-state index in [2.05, 4.69) is 26.6 Å². The maximum Gasteiger partial charge on any atom is 0.184 e. The second-order valence-electron chi connectivity index (χ2n) is 4.87. The third kappa shape index (κ3) is 2.95. The van der Waals surface area contributed by atoms with Gasteiger partial charge in [0, 0.05) is 0 Å². The van der Waals surface area contributed by atoms with E-state index in [9.17, 15) is 0 Å². The van der Waals surface area contributed by atoms with E-state index in [1.807, 2.05) is 0 Å². The van der Waals surface area contributed by atoms with Gasteiger partial charge in [0.05, 0.1) is 5.60 Å². The van der Waals surface area contributed by atoms with Gasteiger partial charge in [-0.15, -0.1) is 0 Å². The smallest absolute Gasteiger partial charge is 0.184 e. The van der Waals surface area contributed by atoms with Crippen LogP contribution in [0.5, 0.6) is 0 Å². The molecular weight excluding hydrogens is 152 g/mol. The van der Waals surface area contributed by atoms with Crippen molar-refractivity contribution in [1.29, 1.82) is 0 Å². The summed E-state index contributed by atoms with van der Waals surface area (Å²) in [7, 11) is -1.29. The predicted octanol–water partition coefficient (Wildman–Crippen LogP) is 3.17. The average molecular weight is 172 g/mol. The molecule has 0 unspecified atom stereocenters. The van der Waals surface area contributed by atoms with Crippen molar-refractivity contribution in [2.24, 2.45) is 0 Å². The molecule has 0 aromatic heterocycles. The Morgan fingerprint density at radius 1 is 1.09 bits per heavy atom. The normalized spacial score (nSPS) is 24.0. The molecule has 0 radical (unpaired) electrons. The van der Waals surface area contributed by atoms with Gasteiger partial charge in [0.2, 0.25) is 0 Å². The first-order valence-electron chi connectivity index (χ1n) is 4.62. The van der Waals surface area contributed by atoms with Crippen LogP contribution in [0.15, 0.2) is 0 Å². The van der Waals surface area contributed by atoms with E-state index in [0.717, 1.165) is 0 Å². The highest BCUT2D eigenvalue weighted by Crippen LogP contribution is 2.34. The van der Waals surface area contributed by atoms with Crippen LogP contribution >= 0.6 is 0 Å². The molecule has 0 aromatic rings. The van der Waals surface area contributed by atoms with Crippen LogP contribution in [0.25, 0.3) is 0 Å². The van der Waals surface area contributed by atoms with Crippen LogP contribution in [0.3, 0.4) is 0 Å². The van der Waals surface area contributed by atoms with Crippen LogP contribution in [-0.4, -0.2) is 13.9 Å². The van der Waals surface area contributed by atoms with Crippen LogP contribution < -0.4 is 0 Å². The SMILES string of the molecule is CC1(O[Si](C)(C)C)CCCC1. The van der Waals surface area contributed by atoms with E-state index < -0.39 is 8.32 Å². The monoisotopic (exact) mass is 172 g/mol. The van der Waals surface area contributed by atoms with Crippen molar-refractivity contribution in [1.82, 2.24) is 0 Å². The Bertz CT molecular complexity index is 131. The molecule has 0 saturated heterocycles. The van der Waals surface area contributed by atoms with Crippen molar-refractivity contribution < 1.29 is 4.43 Å². The van der Waals surface area contributed by atoms with Gasteiger partial charge in [-0.3, -0.25) is 0 Å². The maximum absolute atomic E-state index is 6.12. The Morgan fingerprint density at radius 2 is 1.55 bits per heavy atom. The van der Waals surface area contributed by atoms with Gasteiger partial charge >= 0.3 is 0 Å². The van der Waals surface area contributed by atoms with E-state index in [1.54, 1.807) is 0 Å². The van der Waals surface area contributed by atoms with Crippen LogP contribution in [0.1, 0.15) is 32.6 Å². The summed E-state index contributed by atoms with van der Waals surface area (Å²) < 4.78 is 6.12. The highest BCUT2D eigenvalue weighted by molar-refractivity contribution is 6.69. The van der Waals surface area contributed by atoms with Gasteiger partial charge in [0.15, 0.2) is 8.32 Å². The minimum Gasteiger partial charge on any atom is -0.412 e. The number of hydrogen-bond acceptors (Lipinski definition) is 1. The van der Waals surface area contributed by atoms with Gasteiger partial charge in [0.25, 0.3) is 0 Å². The van der Waals surface area contributed by atoms with Crippen molar-refractivity contribution in [3.8, 4) is 0 Å². The zero-order valence-corrected chi connectivity index (χ0v) is 9.24. The summed E-state index contributed by atoms with van der Waals surface area (Å²) in [5.41, 5.74) is 0.241. The predicted molar refractivity (Wildman–Crippen MR) is 51.3 cm³/mol. The summed E-state index contributed by atoms with van der Waals surface area (Å²) in [5.74, 6) is 0. The Morgan fingerprint density at radius 3 is 1.91 bits per heavy atom. The molecule has 1 aliphatic rings. The highest BCUT2D eigenvalue weighted by Gasteiger charge is 2.33. The van der Waals surface area contributed by atoms with Gasteiger partial charge in [0.1, 0.15) is 0 Å². The molecule has 66 valence electrons. The zero-order chi connectivity index (χ0) is 8.54. The Balaban J connectivity index is 2.46. The molecule has 0 aliphatic heterocycles. The molecule has 1 saturated carbocycles. The fraction of sp³-hybridized carbons (Fsp3) is 1.00. The van der Waals surface area contributed by atoms with Crippen molar-refractivity contribution in [3.05, 3.63) is 0 Å². The van der Waals surface area contributed by atoms with E-state index in [1.165, 1.54) is 25.7 Å². The molecule has 1 nitrogen and oxygen atoms in total. The minimum atomic E-state index is -1.29. The van der Waals surface area contributed by atoms with Gasteiger partial charge in [-0.05, 0) is 39.4 Å². The molecule has 0 heterocycles. The van der Waals surface area contributed by atoms with Gasteiger partial charge in [-0.2, -0.15) is 0 Å². The molecule has 0 bridgehead atoms. The van der Waals surface area contributed by atoms with E-state index in [4.69, 9.17) is 4.43 Å². The summed E-state index contributed by atoms with van der Waals surface area (Å²) in [6.45, 7) is 9.10. The van der Waals surface area contributed by atoms with Gasteiger partial charge in [-0.1, -0.05) is 12.8 Å². The first kappa shape index (κ1) is 9.27. The van der Waals surface area contributed by atoms with Crippen LogP contribution in [-0.2, 0) is 4.43 Å². The third-order valence-corrected chi connectivity index (χ3v) is 3.32.